The number of aryl methyl sites for hydroxylation is 3. The Morgan fingerprint density at radius 2 is 1.81 bits per heavy atom. The zero-order chi connectivity index (χ0) is 18.8. The first-order chi connectivity index (χ1) is 12.4. The molecular formula is C21H21N3O2. The highest BCUT2D eigenvalue weighted by molar-refractivity contribution is 5.84. The van der Waals surface area contributed by atoms with Crippen molar-refractivity contribution in [1.29, 1.82) is 0 Å². The normalized spacial score (nSPS) is 11.2. The Morgan fingerprint density at radius 1 is 1.04 bits per heavy atom. The van der Waals surface area contributed by atoms with Crippen LogP contribution >= 0.6 is 0 Å². The highest BCUT2D eigenvalue weighted by atomic mass is 16.6. The first-order valence-corrected chi connectivity index (χ1v) is 8.42. The number of hydrogen-bond acceptors (Lipinski definition) is 3. The maximum atomic E-state index is 11.1. The largest absolute Gasteiger partial charge is 0.318 e. The van der Waals surface area contributed by atoms with Crippen molar-refractivity contribution < 1.29 is 4.92 Å². The summed E-state index contributed by atoms with van der Waals surface area (Å²) in [5.74, 6) is 0. The van der Waals surface area contributed by atoms with Crippen LogP contribution < -0.4 is 0 Å². The lowest BCUT2D eigenvalue weighted by Gasteiger charge is -2.09. The Labute approximate surface area is 152 Å². The van der Waals surface area contributed by atoms with Gasteiger partial charge in [-0.05, 0) is 57.0 Å². The number of nitro benzene ring substituents is 1. The van der Waals surface area contributed by atoms with E-state index < -0.39 is 0 Å². The Bertz CT molecular complexity index is 1020. The van der Waals surface area contributed by atoms with Gasteiger partial charge in [0.05, 0.1) is 16.3 Å². The van der Waals surface area contributed by atoms with Gasteiger partial charge in [-0.3, -0.25) is 15.1 Å². The lowest BCUT2D eigenvalue weighted by atomic mass is 10.1. The van der Waals surface area contributed by atoms with Gasteiger partial charge in [-0.25, -0.2) is 0 Å². The number of hydrogen-bond donors (Lipinski definition) is 0. The van der Waals surface area contributed by atoms with Crippen molar-refractivity contribution in [2.45, 2.75) is 27.7 Å². The summed E-state index contributed by atoms with van der Waals surface area (Å²) < 4.78 is 2.01. The van der Waals surface area contributed by atoms with Crippen molar-refractivity contribution in [2.75, 3.05) is 0 Å². The zero-order valence-corrected chi connectivity index (χ0v) is 15.4. The van der Waals surface area contributed by atoms with Gasteiger partial charge in [0.25, 0.3) is 5.69 Å². The molecule has 3 aromatic rings. The molecule has 26 heavy (non-hydrogen) atoms. The van der Waals surface area contributed by atoms with Crippen LogP contribution in [0.2, 0.25) is 0 Å². The fourth-order valence-electron chi connectivity index (χ4n) is 3.06. The van der Waals surface area contributed by atoms with Crippen LogP contribution in [-0.4, -0.2) is 15.7 Å². The SMILES string of the molecule is Cc1ccc(C)c(N=Cc2cc(C)n(-c3cccc([N+](=O)[O-])c3)c2C)c1. The molecule has 0 aliphatic rings. The van der Waals surface area contributed by atoms with E-state index in [0.717, 1.165) is 33.9 Å². The van der Waals surface area contributed by atoms with Crippen LogP contribution in [0.25, 0.3) is 5.69 Å². The molecule has 1 aromatic heterocycles. The standard InChI is InChI=1S/C21H21N3O2/c1-14-8-9-15(2)21(10-14)22-13-18-11-16(3)23(17(18)4)19-6-5-7-20(12-19)24(25)26/h5-13H,1-4H3. The van der Waals surface area contributed by atoms with Gasteiger partial charge >= 0.3 is 0 Å². The lowest BCUT2D eigenvalue weighted by Crippen LogP contribution is -2.00. The van der Waals surface area contributed by atoms with Crippen molar-refractivity contribution >= 4 is 17.6 Å². The van der Waals surface area contributed by atoms with Crippen LogP contribution in [0, 0.1) is 37.8 Å². The first kappa shape index (κ1) is 17.6. The minimum absolute atomic E-state index is 0.0839. The second kappa shape index (κ2) is 6.96. The van der Waals surface area contributed by atoms with Crippen molar-refractivity contribution in [3.05, 3.63) is 86.7 Å². The molecule has 1 heterocycles. The lowest BCUT2D eigenvalue weighted by molar-refractivity contribution is -0.384. The molecule has 5 heteroatoms. The van der Waals surface area contributed by atoms with Gasteiger partial charge in [-0.15, -0.1) is 0 Å². The summed E-state index contributed by atoms with van der Waals surface area (Å²) >= 11 is 0. The minimum atomic E-state index is -0.374. The smallest absolute Gasteiger partial charge is 0.271 e. The molecule has 3 rings (SSSR count). The molecule has 0 atom stereocenters. The maximum Gasteiger partial charge on any atom is 0.271 e. The van der Waals surface area contributed by atoms with Crippen LogP contribution in [-0.2, 0) is 0 Å². The number of non-ortho nitro benzene ring substituents is 1. The van der Waals surface area contributed by atoms with E-state index in [2.05, 4.69) is 23.2 Å². The summed E-state index contributed by atoms with van der Waals surface area (Å²) in [6, 6.07) is 14.9. The second-order valence-electron chi connectivity index (χ2n) is 6.49. The molecule has 0 aliphatic heterocycles. The monoisotopic (exact) mass is 347 g/mol. The van der Waals surface area contributed by atoms with Crippen LogP contribution in [0.5, 0.6) is 0 Å². The summed E-state index contributed by atoms with van der Waals surface area (Å²) in [5, 5.41) is 11.1. The molecule has 0 saturated carbocycles. The Morgan fingerprint density at radius 3 is 2.54 bits per heavy atom. The Hall–Kier alpha value is -3.21. The van der Waals surface area contributed by atoms with Gasteiger partial charge in [0.1, 0.15) is 0 Å². The molecule has 5 nitrogen and oxygen atoms in total. The van der Waals surface area contributed by atoms with Crippen LogP contribution in [0.3, 0.4) is 0 Å². The third-order valence-corrected chi connectivity index (χ3v) is 4.48. The molecule has 0 N–H and O–H groups in total. The number of aliphatic imine (C=N–C) groups is 1. The Balaban J connectivity index is 2.01. The van der Waals surface area contributed by atoms with E-state index in [1.165, 1.54) is 11.6 Å². The maximum absolute atomic E-state index is 11.1. The number of nitrogens with zero attached hydrogens (tertiary/aromatic N) is 3. The summed E-state index contributed by atoms with van der Waals surface area (Å²) in [6.07, 6.45) is 1.86. The van der Waals surface area contributed by atoms with E-state index in [4.69, 9.17) is 0 Å². The van der Waals surface area contributed by atoms with Crippen LogP contribution in [0.15, 0.2) is 53.5 Å². The van der Waals surface area contributed by atoms with E-state index in [9.17, 15) is 10.1 Å². The van der Waals surface area contributed by atoms with Crippen molar-refractivity contribution in [1.82, 2.24) is 4.57 Å². The zero-order valence-electron chi connectivity index (χ0n) is 15.4. The summed E-state index contributed by atoms with van der Waals surface area (Å²) in [5.41, 5.74) is 7.10. The van der Waals surface area contributed by atoms with Gasteiger partial charge < -0.3 is 4.57 Å². The molecule has 0 bridgehead atoms. The minimum Gasteiger partial charge on any atom is -0.318 e. The molecule has 0 aliphatic carbocycles. The molecule has 2 aromatic carbocycles. The van der Waals surface area contributed by atoms with E-state index >= 15 is 0 Å². The highest BCUT2D eigenvalue weighted by Crippen LogP contribution is 2.24. The van der Waals surface area contributed by atoms with E-state index in [1.54, 1.807) is 12.1 Å². The average molecular weight is 347 g/mol. The molecule has 0 saturated heterocycles. The van der Waals surface area contributed by atoms with Gasteiger partial charge in [-0.2, -0.15) is 0 Å². The fourth-order valence-corrected chi connectivity index (χ4v) is 3.06. The Kier molecular flexibility index (Phi) is 4.71. The third kappa shape index (κ3) is 3.42. The van der Waals surface area contributed by atoms with Gasteiger partial charge in [0, 0.05) is 35.3 Å². The number of nitro groups is 1. The molecular weight excluding hydrogens is 326 g/mol. The van der Waals surface area contributed by atoms with Gasteiger partial charge in [-0.1, -0.05) is 18.2 Å². The second-order valence-corrected chi connectivity index (χ2v) is 6.49. The highest BCUT2D eigenvalue weighted by Gasteiger charge is 2.12. The molecule has 0 fully saturated rings. The van der Waals surface area contributed by atoms with Gasteiger partial charge in [0.15, 0.2) is 0 Å². The van der Waals surface area contributed by atoms with E-state index in [-0.39, 0.29) is 10.6 Å². The summed E-state index contributed by atoms with van der Waals surface area (Å²) in [6.45, 7) is 8.07. The van der Waals surface area contributed by atoms with Crippen molar-refractivity contribution in [2.24, 2.45) is 4.99 Å². The number of aromatic nitrogens is 1. The van der Waals surface area contributed by atoms with E-state index in [0.29, 0.717) is 0 Å². The van der Waals surface area contributed by atoms with Crippen LogP contribution in [0.1, 0.15) is 28.1 Å². The average Bonchev–Trinajstić information content (AvgIpc) is 2.89. The van der Waals surface area contributed by atoms with Crippen molar-refractivity contribution in [3.63, 3.8) is 0 Å². The quantitative estimate of drug-likeness (QED) is 0.362. The number of rotatable bonds is 4. The predicted molar refractivity (Wildman–Crippen MR) is 105 cm³/mol. The molecule has 0 spiro atoms. The number of benzene rings is 2. The summed E-state index contributed by atoms with van der Waals surface area (Å²) in [7, 11) is 0. The summed E-state index contributed by atoms with van der Waals surface area (Å²) in [4.78, 5) is 15.3. The third-order valence-electron chi connectivity index (χ3n) is 4.48. The molecule has 0 radical (unpaired) electrons. The first-order valence-electron chi connectivity index (χ1n) is 8.42. The van der Waals surface area contributed by atoms with E-state index in [1.807, 2.05) is 50.6 Å². The molecule has 0 unspecified atom stereocenters. The topological polar surface area (TPSA) is 60.4 Å². The van der Waals surface area contributed by atoms with Crippen molar-refractivity contribution in [3.8, 4) is 5.69 Å². The fraction of sp³-hybridized carbons (Fsp3) is 0.190. The van der Waals surface area contributed by atoms with Gasteiger partial charge in [0.2, 0.25) is 0 Å². The van der Waals surface area contributed by atoms with Crippen LogP contribution in [0.4, 0.5) is 11.4 Å². The molecule has 0 amide bonds. The molecule has 132 valence electrons. The predicted octanol–water partition coefficient (Wildman–Crippen LogP) is 5.37.